The van der Waals surface area contributed by atoms with Crippen molar-refractivity contribution in [1.29, 1.82) is 0 Å². The predicted molar refractivity (Wildman–Crippen MR) is 64.5 cm³/mol. The topological polar surface area (TPSA) is 104 Å². The summed E-state index contributed by atoms with van der Waals surface area (Å²) in [7, 11) is 0. The van der Waals surface area contributed by atoms with Gasteiger partial charge in [-0.15, -0.1) is 0 Å². The molecule has 2 aromatic heterocycles. The minimum Gasteiger partial charge on any atom is -0.352 e. The van der Waals surface area contributed by atoms with Gasteiger partial charge in [0, 0.05) is 19.2 Å². The van der Waals surface area contributed by atoms with E-state index in [4.69, 9.17) is 11.6 Å². The summed E-state index contributed by atoms with van der Waals surface area (Å²) < 4.78 is 0. The fourth-order valence-electron chi connectivity index (χ4n) is 1.33. The van der Waals surface area contributed by atoms with E-state index in [1.54, 1.807) is 12.1 Å². The van der Waals surface area contributed by atoms with Crippen LogP contribution in [-0.2, 0) is 6.42 Å². The maximum absolute atomic E-state index is 11.7. The number of aromatic nitrogens is 4. The van der Waals surface area contributed by atoms with Crippen LogP contribution in [0, 0.1) is 0 Å². The molecule has 0 radical (unpaired) electrons. The minimum absolute atomic E-state index is 0.253. The summed E-state index contributed by atoms with van der Waals surface area (Å²) in [4.78, 5) is 28.7. The van der Waals surface area contributed by atoms with Crippen molar-refractivity contribution in [2.45, 2.75) is 6.42 Å². The molecule has 0 bridgehead atoms. The molecule has 8 heteroatoms. The fourth-order valence-corrected chi connectivity index (χ4v) is 1.44. The summed E-state index contributed by atoms with van der Waals surface area (Å²) in [5, 5.41) is 8.98. The highest BCUT2D eigenvalue weighted by Gasteiger charge is 2.05. The number of rotatable bonds is 4. The van der Waals surface area contributed by atoms with E-state index in [9.17, 15) is 9.59 Å². The Morgan fingerprint density at radius 2 is 2.28 bits per heavy atom. The van der Waals surface area contributed by atoms with E-state index in [0.717, 1.165) is 0 Å². The number of nitrogens with one attached hydrogen (secondary N) is 3. The van der Waals surface area contributed by atoms with E-state index in [1.807, 2.05) is 0 Å². The van der Waals surface area contributed by atoms with Gasteiger partial charge in [0.2, 0.25) is 0 Å². The maximum atomic E-state index is 11.7. The van der Waals surface area contributed by atoms with E-state index in [2.05, 4.69) is 25.5 Å². The third-order valence-electron chi connectivity index (χ3n) is 2.19. The van der Waals surface area contributed by atoms with Crippen LogP contribution in [0.1, 0.15) is 16.2 Å². The van der Waals surface area contributed by atoms with Crippen LogP contribution >= 0.6 is 11.6 Å². The van der Waals surface area contributed by atoms with Gasteiger partial charge in [-0.3, -0.25) is 9.78 Å². The molecular weight excluding hydrogens is 258 g/mol. The molecular formula is C10H10ClN5O2. The van der Waals surface area contributed by atoms with Crippen molar-refractivity contribution >= 4 is 17.5 Å². The van der Waals surface area contributed by atoms with Crippen LogP contribution in [0.25, 0.3) is 0 Å². The average molecular weight is 268 g/mol. The highest BCUT2D eigenvalue weighted by Crippen LogP contribution is 2.04. The molecule has 0 saturated heterocycles. The normalized spacial score (nSPS) is 10.3. The van der Waals surface area contributed by atoms with Crippen LogP contribution in [-0.4, -0.2) is 32.6 Å². The molecule has 0 saturated carbocycles. The number of carbonyl (C=O) groups excluding carboxylic acids is 1. The zero-order valence-corrected chi connectivity index (χ0v) is 9.99. The monoisotopic (exact) mass is 267 g/mol. The lowest BCUT2D eigenvalue weighted by atomic mass is 10.2. The molecule has 0 aliphatic rings. The molecule has 0 aliphatic heterocycles. The highest BCUT2D eigenvalue weighted by molar-refractivity contribution is 6.29. The van der Waals surface area contributed by atoms with Gasteiger partial charge in [-0.25, -0.2) is 14.9 Å². The molecule has 0 aliphatic carbocycles. The number of halogens is 1. The molecule has 18 heavy (non-hydrogen) atoms. The van der Waals surface area contributed by atoms with E-state index in [-0.39, 0.29) is 11.6 Å². The van der Waals surface area contributed by atoms with E-state index >= 15 is 0 Å². The first-order chi connectivity index (χ1) is 8.65. The van der Waals surface area contributed by atoms with E-state index in [0.29, 0.717) is 29.5 Å². The van der Waals surface area contributed by atoms with Crippen molar-refractivity contribution < 1.29 is 4.79 Å². The quantitative estimate of drug-likeness (QED) is 0.685. The summed E-state index contributed by atoms with van der Waals surface area (Å²) in [6, 6.07) is 3.13. The van der Waals surface area contributed by atoms with Crippen LogP contribution in [0.2, 0.25) is 5.15 Å². The second-order valence-electron chi connectivity index (χ2n) is 3.50. The molecule has 2 rings (SSSR count). The van der Waals surface area contributed by atoms with Crippen molar-refractivity contribution in [3.63, 3.8) is 0 Å². The summed E-state index contributed by atoms with van der Waals surface area (Å²) in [6.45, 7) is 0.363. The Morgan fingerprint density at radius 1 is 1.44 bits per heavy atom. The molecule has 7 nitrogen and oxygen atoms in total. The van der Waals surface area contributed by atoms with Gasteiger partial charge in [0.15, 0.2) is 0 Å². The molecule has 0 spiro atoms. The molecule has 0 fully saturated rings. The Labute approximate surface area is 107 Å². The summed E-state index contributed by atoms with van der Waals surface area (Å²) in [6.07, 6.45) is 1.83. The van der Waals surface area contributed by atoms with Crippen molar-refractivity contribution in [2.24, 2.45) is 0 Å². The first-order valence-corrected chi connectivity index (χ1v) is 5.56. The molecule has 0 atom stereocenters. The number of H-pyrrole nitrogens is 2. The number of hydrogen-bond acceptors (Lipinski definition) is 4. The number of carbonyl (C=O) groups is 1. The molecule has 0 unspecified atom stereocenters. The van der Waals surface area contributed by atoms with Crippen LogP contribution in [0.3, 0.4) is 0 Å². The number of pyridine rings is 1. The Kier molecular flexibility index (Phi) is 3.73. The van der Waals surface area contributed by atoms with Crippen LogP contribution in [0.5, 0.6) is 0 Å². The van der Waals surface area contributed by atoms with Gasteiger partial charge >= 0.3 is 5.69 Å². The zero-order chi connectivity index (χ0) is 13.0. The SMILES string of the molecule is O=C(NCCc1n[nH]c(=O)[nH]1)c1ccc(Cl)nc1. The van der Waals surface area contributed by atoms with E-state index in [1.165, 1.54) is 6.20 Å². The molecule has 0 aromatic carbocycles. The lowest BCUT2D eigenvalue weighted by Gasteiger charge is -2.03. The van der Waals surface area contributed by atoms with Gasteiger partial charge in [-0.2, -0.15) is 5.10 Å². The van der Waals surface area contributed by atoms with Crippen molar-refractivity contribution in [3.8, 4) is 0 Å². The average Bonchev–Trinajstić information content (AvgIpc) is 2.76. The lowest BCUT2D eigenvalue weighted by molar-refractivity contribution is 0.0953. The summed E-state index contributed by atoms with van der Waals surface area (Å²) in [5.74, 6) is 0.242. The fraction of sp³-hybridized carbons (Fsp3) is 0.200. The summed E-state index contributed by atoms with van der Waals surface area (Å²) in [5.41, 5.74) is 0.0631. The Morgan fingerprint density at radius 3 is 2.89 bits per heavy atom. The van der Waals surface area contributed by atoms with Crippen molar-refractivity contribution in [3.05, 3.63) is 45.4 Å². The number of amides is 1. The Hall–Kier alpha value is -2.15. The van der Waals surface area contributed by atoms with Gasteiger partial charge in [-0.1, -0.05) is 11.6 Å². The number of aromatic amines is 2. The number of hydrogen-bond donors (Lipinski definition) is 3. The second kappa shape index (κ2) is 5.46. The molecule has 2 heterocycles. The minimum atomic E-state index is -0.363. The second-order valence-corrected chi connectivity index (χ2v) is 3.89. The molecule has 2 aromatic rings. The van der Waals surface area contributed by atoms with Gasteiger partial charge in [-0.05, 0) is 12.1 Å². The van der Waals surface area contributed by atoms with Crippen LogP contribution in [0.4, 0.5) is 0 Å². The van der Waals surface area contributed by atoms with Gasteiger partial charge in [0.1, 0.15) is 11.0 Å². The Bertz CT molecular complexity index is 589. The number of nitrogens with zero attached hydrogens (tertiary/aromatic N) is 2. The van der Waals surface area contributed by atoms with E-state index < -0.39 is 0 Å². The van der Waals surface area contributed by atoms with Crippen molar-refractivity contribution in [1.82, 2.24) is 25.5 Å². The first-order valence-electron chi connectivity index (χ1n) is 5.18. The lowest BCUT2D eigenvalue weighted by Crippen LogP contribution is -2.26. The Balaban J connectivity index is 1.85. The third kappa shape index (κ3) is 3.17. The largest absolute Gasteiger partial charge is 0.352 e. The molecule has 3 N–H and O–H groups in total. The molecule has 94 valence electrons. The highest BCUT2D eigenvalue weighted by atomic mass is 35.5. The van der Waals surface area contributed by atoms with Gasteiger partial charge < -0.3 is 5.32 Å². The summed E-state index contributed by atoms with van der Waals surface area (Å²) >= 11 is 5.61. The first kappa shape index (κ1) is 12.3. The maximum Gasteiger partial charge on any atom is 0.340 e. The van der Waals surface area contributed by atoms with Crippen LogP contribution < -0.4 is 11.0 Å². The molecule has 1 amide bonds. The zero-order valence-electron chi connectivity index (χ0n) is 9.24. The van der Waals surface area contributed by atoms with Crippen LogP contribution in [0.15, 0.2) is 23.1 Å². The van der Waals surface area contributed by atoms with Gasteiger partial charge in [0.25, 0.3) is 5.91 Å². The van der Waals surface area contributed by atoms with Crippen molar-refractivity contribution in [2.75, 3.05) is 6.54 Å². The predicted octanol–water partition coefficient (Wildman–Crippen LogP) is 0.119. The third-order valence-corrected chi connectivity index (χ3v) is 2.41. The smallest absolute Gasteiger partial charge is 0.340 e. The standard InChI is InChI=1S/C10H10ClN5O2/c11-7-2-1-6(5-13-7)9(17)12-4-3-8-14-10(18)16-15-8/h1-2,5H,3-4H2,(H,12,17)(H2,14,15,16,18). The van der Waals surface area contributed by atoms with Gasteiger partial charge in [0.05, 0.1) is 5.56 Å².